The van der Waals surface area contributed by atoms with Gasteiger partial charge in [0.25, 0.3) is 5.91 Å². The largest absolute Gasteiger partial charge is 0.323 e. The Morgan fingerprint density at radius 1 is 1.20 bits per heavy atom. The van der Waals surface area contributed by atoms with Crippen LogP contribution in [-0.4, -0.2) is 21.9 Å². The van der Waals surface area contributed by atoms with Crippen molar-refractivity contribution in [3.8, 4) is 0 Å². The van der Waals surface area contributed by atoms with Crippen LogP contribution >= 0.6 is 0 Å². The second kappa shape index (κ2) is 9.99. The van der Waals surface area contributed by atoms with Crippen LogP contribution in [0.1, 0.15) is 17.3 Å². The number of hydrogen-bond acceptors (Lipinski definition) is 4. The van der Waals surface area contributed by atoms with E-state index in [1.54, 1.807) is 0 Å². The first-order valence-corrected chi connectivity index (χ1v) is 9.62. The molecule has 0 heterocycles. The van der Waals surface area contributed by atoms with E-state index in [0.717, 1.165) is 24.3 Å². The third kappa shape index (κ3) is 5.43. The van der Waals surface area contributed by atoms with Gasteiger partial charge < -0.3 is 11.1 Å². The van der Waals surface area contributed by atoms with E-state index >= 15 is 0 Å². The molecular weight excluding hydrogens is 419 g/mol. The van der Waals surface area contributed by atoms with Gasteiger partial charge in [0.05, 0.1) is 10.6 Å². The zero-order valence-electron chi connectivity index (χ0n) is 15.7. The van der Waals surface area contributed by atoms with Crippen LogP contribution in [0, 0.1) is 17.5 Å². The molecule has 30 heavy (non-hydrogen) atoms. The molecule has 0 aliphatic heterocycles. The molecule has 1 amide bonds. The fourth-order valence-electron chi connectivity index (χ4n) is 2.34. The number of benzene rings is 2. The van der Waals surface area contributed by atoms with Crippen molar-refractivity contribution in [2.45, 2.75) is 17.9 Å². The van der Waals surface area contributed by atoms with Crippen molar-refractivity contribution in [2.75, 3.05) is 4.72 Å². The molecule has 10 heteroatoms. The first kappa shape index (κ1) is 23.0. The highest BCUT2D eigenvalue weighted by atomic mass is 32.2. The number of Topliss-reactive ketones (excluding diaryl/α,β-unsaturated/α-hetero) is 1. The summed E-state index contributed by atoms with van der Waals surface area (Å²) in [6.45, 7) is 4.61. The van der Waals surface area contributed by atoms with Gasteiger partial charge in [0.15, 0.2) is 11.6 Å². The summed E-state index contributed by atoms with van der Waals surface area (Å²) < 4.78 is 56.9. The van der Waals surface area contributed by atoms with Gasteiger partial charge in [-0.05, 0) is 43.3 Å². The van der Waals surface area contributed by atoms with E-state index < -0.39 is 57.4 Å². The standard InChI is InChI=1S/C20H18F3N3O3S/c1-3-5-16(19(24)11(2)27)25-20(28)17-14(22)8-9-15(18(17)23)26-30(29)13-7-4-6-12(21)10-13/h3-10,19,26H,1,24H2,2H3,(H,25,28)/b16-5+. The van der Waals surface area contributed by atoms with Crippen LogP contribution in [0.15, 0.2) is 65.7 Å². The molecule has 2 atom stereocenters. The van der Waals surface area contributed by atoms with Crippen molar-refractivity contribution >= 4 is 28.4 Å². The predicted molar refractivity (Wildman–Crippen MR) is 107 cm³/mol. The van der Waals surface area contributed by atoms with Crippen LogP contribution in [0.3, 0.4) is 0 Å². The van der Waals surface area contributed by atoms with E-state index in [1.807, 2.05) is 0 Å². The van der Waals surface area contributed by atoms with Gasteiger partial charge in [0.2, 0.25) is 0 Å². The number of nitrogens with one attached hydrogen (secondary N) is 2. The lowest BCUT2D eigenvalue weighted by molar-refractivity contribution is -0.117. The maximum Gasteiger partial charge on any atom is 0.261 e. The predicted octanol–water partition coefficient (Wildman–Crippen LogP) is 2.95. The molecule has 0 fully saturated rings. The molecule has 2 aromatic carbocycles. The number of carbonyl (C=O) groups excluding carboxylic acids is 2. The van der Waals surface area contributed by atoms with E-state index in [1.165, 1.54) is 31.2 Å². The fourth-order valence-corrected chi connectivity index (χ4v) is 3.24. The Morgan fingerprint density at radius 3 is 2.50 bits per heavy atom. The maximum atomic E-state index is 14.8. The molecule has 2 aromatic rings. The average Bonchev–Trinajstić information content (AvgIpc) is 2.69. The summed E-state index contributed by atoms with van der Waals surface area (Å²) >= 11 is 0. The molecule has 158 valence electrons. The quantitative estimate of drug-likeness (QED) is 0.553. The lowest BCUT2D eigenvalue weighted by atomic mass is 10.1. The lowest BCUT2D eigenvalue weighted by Crippen LogP contribution is -2.39. The first-order chi connectivity index (χ1) is 14.1. The van der Waals surface area contributed by atoms with Gasteiger partial charge in [-0.25, -0.2) is 17.4 Å². The Labute approximate surface area is 173 Å². The molecule has 6 nitrogen and oxygen atoms in total. The van der Waals surface area contributed by atoms with Gasteiger partial charge >= 0.3 is 0 Å². The molecule has 0 radical (unpaired) electrons. The second-order valence-electron chi connectivity index (χ2n) is 6.01. The normalized spacial score (nSPS) is 13.3. The molecule has 0 aliphatic carbocycles. The van der Waals surface area contributed by atoms with Gasteiger partial charge in [-0.15, -0.1) is 0 Å². The number of hydrogen-bond donors (Lipinski definition) is 3. The highest BCUT2D eigenvalue weighted by Gasteiger charge is 2.24. The van der Waals surface area contributed by atoms with Crippen LogP contribution in [-0.2, 0) is 15.8 Å². The third-order valence-corrected chi connectivity index (χ3v) is 4.95. The van der Waals surface area contributed by atoms with Gasteiger partial charge in [-0.2, -0.15) is 0 Å². The average molecular weight is 437 g/mol. The highest BCUT2D eigenvalue weighted by molar-refractivity contribution is 7.86. The molecule has 0 saturated heterocycles. The minimum absolute atomic E-state index is 0.00774. The summed E-state index contributed by atoms with van der Waals surface area (Å²) in [6, 6.07) is 5.28. The SMILES string of the molecule is C=C/C=C(/NC(=O)c1c(F)ccc(NS(=O)c2cccc(F)c2)c1F)C(N)C(C)=O. The molecule has 2 unspecified atom stereocenters. The Kier molecular flexibility index (Phi) is 7.67. The highest BCUT2D eigenvalue weighted by Crippen LogP contribution is 2.23. The van der Waals surface area contributed by atoms with E-state index in [-0.39, 0.29) is 10.6 Å². The minimum Gasteiger partial charge on any atom is -0.323 e. The molecule has 0 bridgehead atoms. The monoisotopic (exact) mass is 437 g/mol. The number of halogens is 3. The van der Waals surface area contributed by atoms with E-state index in [9.17, 15) is 27.0 Å². The summed E-state index contributed by atoms with van der Waals surface area (Å²) in [4.78, 5) is 23.9. The third-order valence-electron chi connectivity index (χ3n) is 3.86. The topological polar surface area (TPSA) is 101 Å². The van der Waals surface area contributed by atoms with E-state index in [4.69, 9.17) is 5.73 Å². The van der Waals surface area contributed by atoms with E-state index in [2.05, 4.69) is 16.6 Å². The van der Waals surface area contributed by atoms with Crippen molar-refractivity contribution in [2.24, 2.45) is 5.73 Å². The number of rotatable bonds is 8. The number of nitrogens with two attached hydrogens (primary N) is 1. The molecule has 2 rings (SSSR count). The molecule has 0 spiro atoms. The Morgan fingerprint density at radius 2 is 1.90 bits per heavy atom. The molecule has 0 aliphatic rings. The summed E-state index contributed by atoms with van der Waals surface area (Å²) in [5, 5.41) is 2.19. The van der Waals surface area contributed by atoms with Crippen LogP contribution in [0.4, 0.5) is 18.9 Å². The molecule has 0 saturated carbocycles. The van der Waals surface area contributed by atoms with Crippen molar-refractivity contribution in [1.29, 1.82) is 0 Å². The molecule has 4 N–H and O–H groups in total. The smallest absolute Gasteiger partial charge is 0.261 e. The summed E-state index contributed by atoms with van der Waals surface area (Å²) in [7, 11) is -2.08. The van der Waals surface area contributed by atoms with Gasteiger partial charge in [0, 0.05) is 5.70 Å². The van der Waals surface area contributed by atoms with Gasteiger partial charge in [-0.3, -0.25) is 14.3 Å². The summed E-state index contributed by atoms with van der Waals surface area (Å²) in [5.41, 5.74) is 4.13. The van der Waals surface area contributed by atoms with Crippen LogP contribution in [0.2, 0.25) is 0 Å². The fraction of sp³-hybridized carbons (Fsp3) is 0.100. The van der Waals surface area contributed by atoms with E-state index in [0.29, 0.717) is 0 Å². The van der Waals surface area contributed by atoms with Crippen molar-refractivity contribution < 1.29 is 27.0 Å². The number of amides is 1. The summed E-state index contributed by atoms with van der Waals surface area (Å²) in [5.74, 6) is -4.88. The Hall–Kier alpha value is -3.24. The first-order valence-electron chi connectivity index (χ1n) is 8.47. The summed E-state index contributed by atoms with van der Waals surface area (Å²) in [6.07, 6.45) is 2.46. The van der Waals surface area contributed by atoms with Gasteiger partial charge in [0.1, 0.15) is 34.2 Å². The van der Waals surface area contributed by atoms with Crippen LogP contribution in [0.25, 0.3) is 0 Å². The molecular formula is C20H18F3N3O3S. The van der Waals surface area contributed by atoms with Gasteiger partial charge in [-0.1, -0.05) is 18.7 Å². The minimum atomic E-state index is -2.08. The Balaban J connectivity index is 2.34. The van der Waals surface area contributed by atoms with Crippen LogP contribution < -0.4 is 15.8 Å². The number of anilines is 1. The Bertz CT molecular complexity index is 1060. The number of allylic oxidation sites excluding steroid dienone is 2. The zero-order valence-corrected chi connectivity index (χ0v) is 16.6. The number of ketones is 1. The zero-order chi connectivity index (χ0) is 22.4. The lowest BCUT2D eigenvalue weighted by Gasteiger charge is -2.16. The van der Waals surface area contributed by atoms with Crippen molar-refractivity contribution in [3.05, 3.63) is 83.8 Å². The van der Waals surface area contributed by atoms with Crippen molar-refractivity contribution in [3.63, 3.8) is 0 Å². The number of carbonyl (C=O) groups is 2. The van der Waals surface area contributed by atoms with Crippen molar-refractivity contribution in [1.82, 2.24) is 5.32 Å². The second-order valence-corrected chi connectivity index (χ2v) is 7.23. The molecule has 0 aromatic heterocycles. The maximum absolute atomic E-state index is 14.8. The van der Waals surface area contributed by atoms with Crippen LogP contribution in [0.5, 0.6) is 0 Å².